The van der Waals surface area contributed by atoms with E-state index in [1.54, 1.807) is 25.3 Å². The summed E-state index contributed by atoms with van der Waals surface area (Å²) in [6, 6.07) is 5.33. The highest BCUT2D eigenvalue weighted by Gasteiger charge is 2.07. The van der Waals surface area contributed by atoms with Gasteiger partial charge < -0.3 is 9.84 Å². The molecule has 0 radical (unpaired) electrons. The molecule has 1 amide bonds. The van der Waals surface area contributed by atoms with Crippen molar-refractivity contribution in [3.8, 4) is 0 Å². The summed E-state index contributed by atoms with van der Waals surface area (Å²) in [7, 11) is 0. The van der Waals surface area contributed by atoms with Crippen LogP contribution in [0.2, 0.25) is 0 Å². The second-order valence-corrected chi connectivity index (χ2v) is 3.50. The predicted octanol–water partition coefficient (Wildman–Crippen LogP) is 1.34. The summed E-state index contributed by atoms with van der Waals surface area (Å²) in [5.74, 6) is 1.46. The zero-order valence-electron chi connectivity index (χ0n) is 9.38. The van der Waals surface area contributed by atoms with E-state index in [0.717, 1.165) is 0 Å². The van der Waals surface area contributed by atoms with Crippen LogP contribution in [0.4, 0.5) is 5.82 Å². The van der Waals surface area contributed by atoms with Gasteiger partial charge in [-0.2, -0.15) is 4.98 Å². The van der Waals surface area contributed by atoms with Gasteiger partial charge in [0.05, 0.1) is 0 Å². The van der Waals surface area contributed by atoms with Crippen LogP contribution in [0.3, 0.4) is 0 Å². The van der Waals surface area contributed by atoms with Gasteiger partial charge in [0.1, 0.15) is 5.82 Å². The molecule has 0 aliphatic carbocycles. The van der Waals surface area contributed by atoms with Gasteiger partial charge >= 0.3 is 0 Å². The lowest BCUT2D eigenvalue weighted by molar-refractivity contribution is -0.116. The zero-order valence-corrected chi connectivity index (χ0v) is 9.38. The van der Waals surface area contributed by atoms with Gasteiger partial charge in [0.25, 0.3) is 0 Å². The maximum Gasteiger partial charge on any atom is 0.227 e. The molecule has 0 aliphatic rings. The van der Waals surface area contributed by atoms with Gasteiger partial charge in [-0.25, -0.2) is 4.98 Å². The van der Waals surface area contributed by atoms with Crippen LogP contribution in [0, 0.1) is 6.92 Å². The number of pyridine rings is 1. The third kappa shape index (κ3) is 3.37. The molecule has 2 rings (SSSR count). The second-order valence-electron chi connectivity index (χ2n) is 3.50. The minimum absolute atomic E-state index is 0.125. The average Bonchev–Trinajstić information content (AvgIpc) is 2.74. The summed E-state index contributed by atoms with van der Waals surface area (Å²) in [6.07, 6.45) is 2.34. The van der Waals surface area contributed by atoms with E-state index >= 15 is 0 Å². The van der Waals surface area contributed by atoms with Crippen molar-refractivity contribution in [3.63, 3.8) is 0 Å². The summed E-state index contributed by atoms with van der Waals surface area (Å²) in [4.78, 5) is 19.6. The zero-order chi connectivity index (χ0) is 12.1. The highest BCUT2D eigenvalue weighted by molar-refractivity contribution is 5.89. The van der Waals surface area contributed by atoms with Crippen LogP contribution in [-0.4, -0.2) is 21.0 Å². The number of aromatic nitrogens is 3. The number of aryl methyl sites for hydroxylation is 2. The van der Waals surface area contributed by atoms with Crippen molar-refractivity contribution in [2.75, 3.05) is 5.32 Å². The molecule has 88 valence electrons. The van der Waals surface area contributed by atoms with Gasteiger partial charge in [-0.3, -0.25) is 4.79 Å². The number of carbonyl (C=O) groups excluding carboxylic acids is 1. The number of rotatable bonds is 4. The Bertz CT molecular complexity index is 495. The van der Waals surface area contributed by atoms with E-state index in [4.69, 9.17) is 4.52 Å². The Kier molecular flexibility index (Phi) is 3.44. The van der Waals surface area contributed by atoms with E-state index in [-0.39, 0.29) is 12.3 Å². The van der Waals surface area contributed by atoms with E-state index in [1.807, 2.05) is 6.07 Å². The van der Waals surface area contributed by atoms with E-state index in [2.05, 4.69) is 20.4 Å². The minimum Gasteiger partial charge on any atom is -0.339 e. The molecular weight excluding hydrogens is 220 g/mol. The van der Waals surface area contributed by atoms with Crippen LogP contribution < -0.4 is 5.32 Å². The summed E-state index contributed by atoms with van der Waals surface area (Å²) >= 11 is 0. The Labute approximate surface area is 98.1 Å². The van der Waals surface area contributed by atoms with E-state index in [1.165, 1.54) is 0 Å². The monoisotopic (exact) mass is 232 g/mol. The van der Waals surface area contributed by atoms with Crippen LogP contribution in [-0.2, 0) is 11.2 Å². The van der Waals surface area contributed by atoms with E-state index < -0.39 is 0 Å². The molecule has 1 N–H and O–H groups in total. The first-order valence-corrected chi connectivity index (χ1v) is 5.24. The normalized spacial score (nSPS) is 10.2. The minimum atomic E-state index is -0.125. The SMILES string of the molecule is Cc1noc(CCC(=O)Nc2ccccn2)n1. The topological polar surface area (TPSA) is 80.9 Å². The number of carbonyl (C=O) groups is 1. The molecule has 6 nitrogen and oxygen atoms in total. The largest absolute Gasteiger partial charge is 0.339 e. The molecule has 0 unspecified atom stereocenters. The van der Waals surface area contributed by atoms with Crippen molar-refractivity contribution in [1.82, 2.24) is 15.1 Å². The van der Waals surface area contributed by atoms with E-state index in [0.29, 0.717) is 24.0 Å². The van der Waals surface area contributed by atoms with Crippen molar-refractivity contribution in [1.29, 1.82) is 0 Å². The van der Waals surface area contributed by atoms with Crippen LogP contribution in [0.1, 0.15) is 18.1 Å². The highest BCUT2D eigenvalue weighted by Crippen LogP contribution is 2.04. The first kappa shape index (κ1) is 11.3. The molecule has 0 bridgehead atoms. The molecule has 2 aromatic heterocycles. The smallest absolute Gasteiger partial charge is 0.227 e. The number of nitrogens with zero attached hydrogens (tertiary/aromatic N) is 3. The Balaban J connectivity index is 1.82. The number of nitrogens with one attached hydrogen (secondary N) is 1. The molecule has 2 heterocycles. The van der Waals surface area contributed by atoms with Crippen molar-refractivity contribution in [2.45, 2.75) is 19.8 Å². The standard InChI is InChI=1S/C11H12N4O2/c1-8-13-11(17-15-8)6-5-10(16)14-9-4-2-3-7-12-9/h2-4,7H,5-6H2,1H3,(H,12,14,16). The molecule has 0 atom stereocenters. The van der Waals surface area contributed by atoms with Crippen LogP contribution in [0.15, 0.2) is 28.9 Å². The number of hydrogen-bond donors (Lipinski definition) is 1. The third-order valence-corrected chi connectivity index (χ3v) is 2.07. The third-order valence-electron chi connectivity index (χ3n) is 2.07. The first-order valence-electron chi connectivity index (χ1n) is 5.24. The van der Waals surface area contributed by atoms with Gasteiger partial charge in [-0.05, 0) is 19.1 Å². The molecule has 17 heavy (non-hydrogen) atoms. The van der Waals surface area contributed by atoms with Crippen LogP contribution in [0.5, 0.6) is 0 Å². The van der Waals surface area contributed by atoms with Gasteiger partial charge in [-0.15, -0.1) is 0 Å². The Hall–Kier alpha value is -2.24. The molecule has 6 heteroatoms. The highest BCUT2D eigenvalue weighted by atomic mass is 16.5. The summed E-state index contributed by atoms with van der Waals surface area (Å²) < 4.78 is 4.91. The molecule has 0 fully saturated rings. The van der Waals surface area contributed by atoms with E-state index in [9.17, 15) is 4.79 Å². The Morgan fingerprint density at radius 2 is 2.35 bits per heavy atom. The van der Waals surface area contributed by atoms with Gasteiger partial charge in [0.15, 0.2) is 5.82 Å². The number of amides is 1. The molecule has 0 aliphatic heterocycles. The summed E-state index contributed by atoms with van der Waals surface area (Å²) in [5.41, 5.74) is 0. The summed E-state index contributed by atoms with van der Waals surface area (Å²) in [5, 5.41) is 6.33. The Morgan fingerprint density at radius 1 is 1.47 bits per heavy atom. The fourth-order valence-electron chi connectivity index (χ4n) is 1.30. The lowest BCUT2D eigenvalue weighted by Crippen LogP contribution is -2.13. The quantitative estimate of drug-likeness (QED) is 0.860. The lowest BCUT2D eigenvalue weighted by Gasteiger charge is -2.01. The Morgan fingerprint density at radius 3 is 3.00 bits per heavy atom. The molecule has 0 saturated heterocycles. The molecular formula is C11H12N4O2. The first-order chi connectivity index (χ1) is 8.24. The average molecular weight is 232 g/mol. The fourth-order valence-corrected chi connectivity index (χ4v) is 1.30. The fraction of sp³-hybridized carbons (Fsp3) is 0.273. The predicted molar refractivity (Wildman–Crippen MR) is 60.2 cm³/mol. The van der Waals surface area contributed by atoms with Crippen LogP contribution in [0.25, 0.3) is 0 Å². The van der Waals surface area contributed by atoms with Crippen molar-refractivity contribution in [3.05, 3.63) is 36.1 Å². The molecule has 0 aromatic carbocycles. The van der Waals surface area contributed by atoms with Crippen molar-refractivity contribution >= 4 is 11.7 Å². The molecule has 2 aromatic rings. The summed E-state index contributed by atoms with van der Waals surface area (Å²) in [6.45, 7) is 1.74. The maximum atomic E-state index is 11.6. The van der Waals surface area contributed by atoms with Gasteiger partial charge in [0, 0.05) is 19.0 Å². The number of anilines is 1. The number of hydrogen-bond acceptors (Lipinski definition) is 5. The van der Waals surface area contributed by atoms with Crippen LogP contribution >= 0.6 is 0 Å². The van der Waals surface area contributed by atoms with Crippen molar-refractivity contribution in [2.24, 2.45) is 0 Å². The van der Waals surface area contributed by atoms with Crippen molar-refractivity contribution < 1.29 is 9.32 Å². The second kappa shape index (κ2) is 5.20. The molecule has 0 saturated carbocycles. The lowest BCUT2D eigenvalue weighted by atomic mass is 10.3. The molecule has 0 spiro atoms. The maximum absolute atomic E-state index is 11.6. The van der Waals surface area contributed by atoms with Gasteiger partial charge in [-0.1, -0.05) is 11.2 Å². The van der Waals surface area contributed by atoms with Gasteiger partial charge in [0.2, 0.25) is 11.8 Å².